The van der Waals surface area contributed by atoms with Crippen molar-refractivity contribution in [3.05, 3.63) is 69.5 Å². The second-order valence-electron chi connectivity index (χ2n) is 11.6. The fourth-order valence-electron chi connectivity index (χ4n) is 4.63. The molecule has 1 aliphatic heterocycles. The van der Waals surface area contributed by atoms with Gasteiger partial charge in [0.1, 0.15) is 18.0 Å². The highest BCUT2D eigenvalue weighted by Gasteiger charge is 2.50. The van der Waals surface area contributed by atoms with Gasteiger partial charge in [-0.1, -0.05) is 62.2 Å². The molecule has 2 fully saturated rings. The SMILES string of the molecule is C[C@@H]1O[C@H](c2cccc(Cl)c2)[C@@H](c2ccc(Cl)c(F)c2)N([C@H](CO[Si](C)(C)C(C)(C)C)C2CC2)C1=O. The van der Waals surface area contributed by atoms with Gasteiger partial charge < -0.3 is 14.1 Å². The summed E-state index contributed by atoms with van der Waals surface area (Å²) in [7, 11) is -2.06. The highest BCUT2D eigenvalue weighted by molar-refractivity contribution is 6.74. The van der Waals surface area contributed by atoms with Crippen molar-refractivity contribution in [2.45, 2.75) is 83.0 Å². The number of benzene rings is 2. The molecule has 1 saturated heterocycles. The van der Waals surface area contributed by atoms with Crippen LogP contribution < -0.4 is 0 Å². The van der Waals surface area contributed by atoms with Gasteiger partial charge >= 0.3 is 0 Å². The van der Waals surface area contributed by atoms with Crippen molar-refractivity contribution in [1.29, 1.82) is 0 Å². The summed E-state index contributed by atoms with van der Waals surface area (Å²) in [5.74, 6) is -0.293. The maximum atomic E-state index is 14.7. The second kappa shape index (κ2) is 10.4. The molecule has 8 heteroatoms. The zero-order valence-corrected chi connectivity index (χ0v) is 24.4. The van der Waals surface area contributed by atoms with Crippen molar-refractivity contribution in [2.24, 2.45) is 5.92 Å². The quantitative estimate of drug-likeness (QED) is 0.327. The third kappa shape index (κ3) is 5.68. The normalized spacial score (nSPS) is 24.2. The third-order valence-electron chi connectivity index (χ3n) is 7.95. The summed E-state index contributed by atoms with van der Waals surface area (Å²) >= 11 is 12.4. The molecule has 1 aliphatic carbocycles. The maximum absolute atomic E-state index is 14.7. The Morgan fingerprint density at radius 2 is 1.83 bits per heavy atom. The van der Waals surface area contributed by atoms with E-state index in [1.165, 1.54) is 6.07 Å². The first-order valence-corrected chi connectivity index (χ1v) is 16.3. The fraction of sp³-hybridized carbons (Fsp3) is 0.536. The fourth-order valence-corrected chi connectivity index (χ4v) is 5.96. The average molecular weight is 553 g/mol. The topological polar surface area (TPSA) is 38.8 Å². The molecule has 0 spiro atoms. The lowest BCUT2D eigenvalue weighted by Gasteiger charge is -2.48. The summed E-state index contributed by atoms with van der Waals surface area (Å²) in [4.78, 5) is 15.7. The lowest BCUT2D eigenvalue weighted by atomic mass is 9.89. The predicted octanol–water partition coefficient (Wildman–Crippen LogP) is 7.96. The Morgan fingerprint density at radius 1 is 1.14 bits per heavy atom. The number of amides is 1. The lowest BCUT2D eigenvalue weighted by molar-refractivity contribution is -0.179. The summed E-state index contributed by atoms with van der Waals surface area (Å²) in [6.07, 6.45) is 0.893. The number of rotatable bonds is 7. The van der Waals surface area contributed by atoms with Crippen LogP contribution in [0.25, 0.3) is 0 Å². The summed E-state index contributed by atoms with van der Waals surface area (Å²) in [5.41, 5.74) is 1.48. The number of carbonyl (C=O) groups is 1. The monoisotopic (exact) mass is 551 g/mol. The Bertz CT molecular complexity index is 1120. The van der Waals surface area contributed by atoms with E-state index in [0.717, 1.165) is 18.4 Å². The molecule has 1 heterocycles. The standard InChI is InChI=1S/C28H36Cl2FNO3Si/c1-17-27(33)32(24(18-10-11-18)16-34-36(5,6)28(2,3)4)25(19-12-13-22(30)23(31)15-19)26(35-17)20-8-7-9-21(29)14-20/h7-9,12-15,17-18,24-26H,10-11,16H2,1-6H3/t17-,24+,25+,26+/m0/s1. The van der Waals surface area contributed by atoms with Crippen LogP contribution in [0, 0.1) is 11.7 Å². The summed E-state index contributed by atoms with van der Waals surface area (Å²) < 4.78 is 27.7. The smallest absolute Gasteiger partial charge is 0.252 e. The highest BCUT2D eigenvalue weighted by Crippen LogP contribution is 2.48. The van der Waals surface area contributed by atoms with Crippen LogP contribution in [0.3, 0.4) is 0 Å². The zero-order chi connectivity index (χ0) is 26.4. The summed E-state index contributed by atoms with van der Waals surface area (Å²) in [5, 5.41) is 0.667. The van der Waals surface area contributed by atoms with Crippen molar-refractivity contribution in [2.75, 3.05) is 6.61 Å². The van der Waals surface area contributed by atoms with Crippen LogP contribution in [0.4, 0.5) is 4.39 Å². The van der Waals surface area contributed by atoms with E-state index >= 15 is 0 Å². The van der Waals surface area contributed by atoms with Crippen LogP contribution in [-0.2, 0) is 14.0 Å². The van der Waals surface area contributed by atoms with Crippen LogP contribution in [0.15, 0.2) is 42.5 Å². The van der Waals surface area contributed by atoms with Gasteiger partial charge in [-0.25, -0.2) is 4.39 Å². The number of hydrogen-bond acceptors (Lipinski definition) is 3. The molecule has 4 nitrogen and oxygen atoms in total. The van der Waals surface area contributed by atoms with Gasteiger partial charge in [0.25, 0.3) is 5.91 Å². The van der Waals surface area contributed by atoms with E-state index in [4.69, 9.17) is 32.4 Å². The first-order valence-electron chi connectivity index (χ1n) is 12.6. The molecule has 0 radical (unpaired) electrons. The molecule has 4 atom stereocenters. The van der Waals surface area contributed by atoms with Gasteiger partial charge in [0.15, 0.2) is 8.32 Å². The summed E-state index contributed by atoms with van der Waals surface area (Å²) in [6.45, 7) is 13.3. The van der Waals surface area contributed by atoms with Crippen molar-refractivity contribution >= 4 is 37.4 Å². The Hall–Kier alpha value is -1.44. The molecule has 0 N–H and O–H groups in total. The van der Waals surface area contributed by atoms with Gasteiger partial charge in [-0.3, -0.25) is 4.79 Å². The molecule has 0 unspecified atom stereocenters. The van der Waals surface area contributed by atoms with Gasteiger partial charge in [-0.15, -0.1) is 0 Å². The molecule has 2 aromatic carbocycles. The highest BCUT2D eigenvalue weighted by atomic mass is 35.5. The Balaban J connectivity index is 1.80. The third-order valence-corrected chi connectivity index (χ3v) is 13.0. The summed E-state index contributed by atoms with van der Waals surface area (Å²) in [6, 6.07) is 11.5. The van der Waals surface area contributed by atoms with Crippen molar-refractivity contribution < 1.29 is 18.3 Å². The lowest BCUT2D eigenvalue weighted by Crippen LogP contribution is -2.57. The van der Waals surface area contributed by atoms with E-state index in [1.807, 2.05) is 23.1 Å². The van der Waals surface area contributed by atoms with Gasteiger partial charge in [-0.05, 0) is 79.2 Å². The molecular weight excluding hydrogens is 516 g/mol. The van der Waals surface area contributed by atoms with E-state index in [9.17, 15) is 9.18 Å². The van der Waals surface area contributed by atoms with E-state index in [0.29, 0.717) is 23.1 Å². The molecule has 196 valence electrons. The maximum Gasteiger partial charge on any atom is 0.252 e. The van der Waals surface area contributed by atoms with Gasteiger partial charge in [0, 0.05) is 5.02 Å². The van der Waals surface area contributed by atoms with Crippen molar-refractivity contribution in [3.8, 4) is 0 Å². The van der Waals surface area contributed by atoms with Crippen LogP contribution in [0.5, 0.6) is 0 Å². The predicted molar refractivity (Wildman–Crippen MR) is 145 cm³/mol. The zero-order valence-electron chi connectivity index (χ0n) is 21.9. The molecule has 1 saturated carbocycles. The van der Waals surface area contributed by atoms with Gasteiger partial charge in [0.2, 0.25) is 0 Å². The minimum absolute atomic E-state index is 0.0426. The molecule has 2 aliphatic rings. The van der Waals surface area contributed by atoms with Crippen molar-refractivity contribution in [1.82, 2.24) is 4.90 Å². The Labute approximate surface area is 225 Å². The molecule has 0 aromatic heterocycles. The number of ether oxygens (including phenoxy) is 1. The number of hydrogen-bond donors (Lipinski definition) is 0. The van der Waals surface area contributed by atoms with Crippen LogP contribution in [0.2, 0.25) is 28.2 Å². The molecule has 36 heavy (non-hydrogen) atoms. The molecule has 4 rings (SSSR count). The number of halogens is 3. The minimum Gasteiger partial charge on any atom is -0.415 e. The first-order chi connectivity index (χ1) is 16.8. The minimum atomic E-state index is -2.06. The number of morpholine rings is 1. The average Bonchev–Trinajstić information content (AvgIpc) is 3.63. The Morgan fingerprint density at radius 3 is 2.42 bits per heavy atom. The van der Waals surface area contributed by atoms with Gasteiger partial charge in [-0.2, -0.15) is 0 Å². The largest absolute Gasteiger partial charge is 0.415 e. The number of nitrogens with zero attached hydrogens (tertiary/aromatic N) is 1. The van der Waals surface area contributed by atoms with Gasteiger partial charge in [0.05, 0.1) is 23.7 Å². The van der Waals surface area contributed by atoms with E-state index < -0.39 is 32.4 Å². The van der Waals surface area contributed by atoms with Crippen LogP contribution >= 0.6 is 23.2 Å². The first kappa shape index (κ1) is 27.6. The van der Waals surface area contributed by atoms with Crippen LogP contribution in [0.1, 0.15) is 63.8 Å². The van der Waals surface area contributed by atoms with Crippen molar-refractivity contribution in [3.63, 3.8) is 0 Å². The van der Waals surface area contributed by atoms with E-state index in [-0.39, 0.29) is 22.0 Å². The van der Waals surface area contributed by atoms with Crippen LogP contribution in [-0.4, -0.2) is 37.9 Å². The molecular formula is C28H36Cl2FNO3Si. The number of carbonyl (C=O) groups excluding carboxylic acids is 1. The second-order valence-corrected chi connectivity index (χ2v) is 17.2. The molecule has 1 amide bonds. The van der Waals surface area contributed by atoms with E-state index in [1.54, 1.807) is 25.1 Å². The Kier molecular flexibility index (Phi) is 7.95. The molecule has 0 bridgehead atoms. The van der Waals surface area contributed by atoms with E-state index in [2.05, 4.69) is 33.9 Å². The molecule has 2 aromatic rings.